The lowest BCUT2D eigenvalue weighted by Crippen LogP contribution is -2.16. The lowest BCUT2D eigenvalue weighted by Gasteiger charge is -2.07. The molecule has 26 heavy (non-hydrogen) atoms. The van der Waals surface area contributed by atoms with Gasteiger partial charge in [0.15, 0.2) is 11.5 Å². The first-order valence-electron chi connectivity index (χ1n) is 7.43. The van der Waals surface area contributed by atoms with Crippen LogP contribution in [0.4, 0.5) is 10.1 Å². The molecule has 0 bridgehead atoms. The summed E-state index contributed by atoms with van der Waals surface area (Å²) in [4.78, 5) is 15.7. The zero-order valence-electron chi connectivity index (χ0n) is 13.3. The SMILES string of the molecule is O=C(Nc1ccn(S(=O)(=O)Cc2ccccc2Cl)c1)c1ncccc1F. The molecule has 0 spiro atoms. The van der Waals surface area contributed by atoms with Gasteiger partial charge in [-0.25, -0.2) is 17.8 Å². The highest BCUT2D eigenvalue weighted by Gasteiger charge is 2.18. The maximum Gasteiger partial charge on any atom is 0.277 e. The van der Waals surface area contributed by atoms with Crippen molar-refractivity contribution in [1.29, 1.82) is 0 Å². The molecule has 0 aliphatic carbocycles. The Kier molecular flexibility index (Phi) is 5.06. The molecule has 134 valence electrons. The predicted octanol–water partition coefficient (Wildman–Crippen LogP) is 3.31. The predicted molar refractivity (Wildman–Crippen MR) is 96.1 cm³/mol. The first-order valence-corrected chi connectivity index (χ1v) is 9.42. The van der Waals surface area contributed by atoms with E-state index in [9.17, 15) is 17.6 Å². The minimum absolute atomic E-state index is 0.197. The Labute approximate surface area is 154 Å². The number of benzene rings is 1. The molecule has 1 aromatic carbocycles. The molecule has 0 saturated carbocycles. The van der Waals surface area contributed by atoms with E-state index in [1.807, 2.05) is 0 Å². The zero-order chi connectivity index (χ0) is 18.7. The third-order valence-corrected chi connectivity index (χ3v) is 5.43. The molecule has 1 amide bonds. The monoisotopic (exact) mass is 393 g/mol. The number of nitrogens with one attached hydrogen (secondary N) is 1. The molecule has 0 aliphatic rings. The number of nitrogens with zero attached hydrogens (tertiary/aromatic N) is 2. The molecule has 0 unspecified atom stereocenters. The highest BCUT2D eigenvalue weighted by Crippen LogP contribution is 2.20. The summed E-state index contributed by atoms with van der Waals surface area (Å²) in [5, 5.41) is 2.76. The molecule has 9 heteroatoms. The van der Waals surface area contributed by atoms with Gasteiger partial charge in [-0.3, -0.25) is 8.77 Å². The van der Waals surface area contributed by atoms with Crippen LogP contribution in [0.3, 0.4) is 0 Å². The van der Waals surface area contributed by atoms with Crippen molar-refractivity contribution in [3.05, 3.63) is 83.2 Å². The molecule has 3 aromatic rings. The van der Waals surface area contributed by atoms with E-state index >= 15 is 0 Å². The third kappa shape index (κ3) is 3.92. The van der Waals surface area contributed by atoms with E-state index in [0.29, 0.717) is 10.6 Å². The second-order valence-electron chi connectivity index (χ2n) is 5.37. The highest BCUT2D eigenvalue weighted by molar-refractivity contribution is 7.89. The number of pyridine rings is 1. The van der Waals surface area contributed by atoms with Gasteiger partial charge in [-0.05, 0) is 29.8 Å². The number of carbonyl (C=O) groups excluding carboxylic acids is 1. The highest BCUT2D eigenvalue weighted by atomic mass is 35.5. The van der Waals surface area contributed by atoms with Crippen LogP contribution in [0.2, 0.25) is 5.02 Å². The van der Waals surface area contributed by atoms with E-state index in [0.717, 1.165) is 10.0 Å². The Balaban J connectivity index is 1.78. The Morgan fingerprint density at radius 1 is 1.19 bits per heavy atom. The Morgan fingerprint density at radius 2 is 1.96 bits per heavy atom. The largest absolute Gasteiger partial charge is 0.319 e. The van der Waals surface area contributed by atoms with Gasteiger partial charge in [0, 0.05) is 23.6 Å². The van der Waals surface area contributed by atoms with Crippen molar-refractivity contribution in [3.8, 4) is 0 Å². The number of amides is 1. The van der Waals surface area contributed by atoms with Gasteiger partial charge in [0.2, 0.25) is 10.0 Å². The molecule has 6 nitrogen and oxygen atoms in total. The molecule has 0 radical (unpaired) electrons. The van der Waals surface area contributed by atoms with Crippen LogP contribution in [0.1, 0.15) is 16.1 Å². The molecule has 0 fully saturated rings. The van der Waals surface area contributed by atoms with Crippen molar-refractivity contribution in [2.24, 2.45) is 0 Å². The fourth-order valence-electron chi connectivity index (χ4n) is 2.25. The Morgan fingerprint density at radius 3 is 2.69 bits per heavy atom. The summed E-state index contributed by atoms with van der Waals surface area (Å²) in [6.45, 7) is 0. The summed E-state index contributed by atoms with van der Waals surface area (Å²) in [7, 11) is -3.73. The molecule has 3 rings (SSSR count). The topological polar surface area (TPSA) is 81.1 Å². The molecule has 1 N–H and O–H groups in total. The summed E-state index contributed by atoms with van der Waals surface area (Å²) >= 11 is 6.00. The Bertz CT molecular complexity index is 1070. The number of aromatic nitrogens is 2. The number of anilines is 1. The van der Waals surface area contributed by atoms with Crippen LogP contribution >= 0.6 is 11.6 Å². The van der Waals surface area contributed by atoms with E-state index in [1.54, 1.807) is 24.3 Å². The van der Waals surface area contributed by atoms with Crippen LogP contribution < -0.4 is 5.32 Å². The van der Waals surface area contributed by atoms with Gasteiger partial charge in [0.1, 0.15) is 0 Å². The fourth-order valence-corrected chi connectivity index (χ4v) is 3.85. The summed E-state index contributed by atoms with van der Waals surface area (Å²) < 4.78 is 39.5. The van der Waals surface area contributed by atoms with E-state index in [4.69, 9.17) is 11.6 Å². The van der Waals surface area contributed by atoms with Gasteiger partial charge >= 0.3 is 0 Å². The van der Waals surface area contributed by atoms with Gasteiger partial charge < -0.3 is 5.32 Å². The maximum atomic E-state index is 13.6. The number of rotatable bonds is 5. The fraction of sp³-hybridized carbons (Fsp3) is 0.0588. The summed E-state index contributed by atoms with van der Waals surface area (Å²) in [6, 6.07) is 10.5. The van der Waals surface area contributed by atoms with Gasteiger partial charge in [-0.15, -0.1) is 0 Å². The van der Waals surface area contributed by atoms with Crippen molar-refractivity contribution in [1.82, 2.24) is 8.96 Å². The van der Waals surface area contributed by atoms with Crippen LogP contribution in [0, 0.1) is 5.82 Å². The lowest BCUT2D eigenvalue weighted by molar-refractivity contribution is 0.101. The van der Waals surface area contributed by atoms with E-state index in [1.165, 1.54) is 30.7 Å². The first kappa shape index (κ1) is 18.1. The second kappa shape index (κ2) is 7.27. The van der Waals surface area contributed by atoms with Crippen molar-refractivity contribution in [3.63, 3.8) is 0 Å². The Hall–Kier alpha value is -2.71. The van der Waals surface area contributed by atoms with Crippen molar-refractivity contribution in [2.45, 2.75) is 5.75 Å². The summed E-state index contributed by atoms with van der Waals surface area (Å²) in [6.07, 6.45) is 3.80. The van der Waals surface area contributed by atoms with Gasteiger partial charge in [0.25, 0.3) is 5.91 Å². The van der Waals surface area contributed by atoms with E-state index in [2.05, 4.69) is 10.3 Å². The molecule has 2 heterocycles. The quantitative estimate of drug-likeness (QED) is 0.721. The molecule has 0 saturated heterocycles. The number of hydrogen-bond acceptors (Lipinski definition) is 4. The number of hydrogen-bond donors (Lipinski definition) is 1. The number of halogens is 2. The van der Waals surface area contributed by atoms with Crippen LogP contribution in [0.25, 0.3) is 0 Å². The molecule has 0 aliphatic heterocycles. The normalized spacial score (nSPS) is 11.3. The molecule has 0 atom stereocenters. The van der Waals surface area contributed by atoms with Crippen LogP contribution in [0.15, 0.2) is 61.1 Å². The van der Waals surface area contributed by atoms with Crippen molar-refractivity contribution in [2.75, 3.05) is 5.32 Å². The van der Waals surface area contributed by atoms with E-state index in [-0.39, 0.29) is 17.1 Å². The van der Waals surface area contributed by atoms with Crippen LogP contribution in [0.5, 0.6) is 0 Å². The van der Waals surface area contributed by atoms with Gasteiger partial charge in [-0.1, -0.05) is 29.8 Å². The standard InChI is InChI=1S/C17H13ClFN3O3S/c18-14-5-2-1-4-12(14)11-26(24,25)22-9-7-13(10-22)21-17(23)16-15(19)6-3-8-20-16/h1-10H,11H2,(H,21,23). The molecule has 2 aromatic heterocycles. The minimum Gasteiger partial charge on any atom is -0.319 e. The smallest absolute Gasteiger partial charge is 0.277 e. The van der Waals surface area contributed by atoms with E-state index < -0.39 is 21.7 Å². The van der Waals surface area contributed by atoms with Crippen LogP contribution in [-0.2, 0) is 15.8 Å². The summed E-state index contributed by atoms with van der Waals surface area (Å²) in [5.41, 5.74) is 0.283. The van der Waals surface area contributed by atoms with Crippen molar-refractivity contribution < 1.29 is 17.6 Å². The van der Waals surface area contributed by atoms with Crippen LogP contribution in [-0.4, -0.2) is 23.3 Å². The summed E-state index contributed by atoms with van der Waals surface area (Å²) in [5.74, 6) is -1.84. The average Bonchev–Trinajstić information content (AvgIpc) is 3.06. The average molecular weight is 394 g/mol. The third-order valence-electron chi connectivity index (χ3n) is 3.52. The van der Waals surface area contributed by atoms with Gasteiger partial charge in [0.05, 0.1) is 11.4 Å². The zero-order valence-corrected chi connectivity index (χ0v) is 14.8. The number of carbonyl (C=O) groups is 1. The second-order valence-corrected chi connectivity index (χ2v) is 7.65. The lowest BCUT2D eigenvalue weighted by atomic mass is 10.2. The molecular formula is C17H13ClFN3O3S. The minimum atomic E-state index is -3.73. The molecular weight excluding hydrogens is 381 g/mol. The van der Waals surface area contributed by atoms with Gasteiger partial charge in [-0.2, -0.15) is 0 Å². The first-order chi connectivity index (χ1) is 12.4. The maximum absolute atomic E-state index is 13.6. The van der Waals surface area contributed by atoms with Crippen molar-refractivity contribution >= 4 is 33.2 Å².